The maximum atomic E-state index is 12.8. The first kappa shape index (κ1) is 13.6. The van der Waals surface area contributed by atoms with Crippen LogP contribution in [0.5, 0.6) is 0 Å². The fourth-order valence-electron chi connectivity index (χ4n) is 2.02. The van der Waals surface area contributed by atoms with Gasteiger partial charge in [-0.2, -0.15) is 0 Å². The van der Waals surface area contributed by atoms with Crippen LogP contribution in [-0.2, 0) is 15.7 Å². The van der Waals surface area contributed by atoms with Crippen LogP contribution in [-0.4, -0.2) is 18.3 Å². The average molecular weight is 250 g/mol. The Balaban J connectivity index is 1.91. The van der Waals surface area contributed by atoms with E-state index in [1.165, 1.54) is 12.1 Å². The van der Waals surface area contributed by atoms with Gasteiger partial charge in [0.15, 0.2) is 0 Å². The second kappa shape index (κ2) is 4.67. The van der Waals surface area contributed by atoms with Crippen LogP contribution < -0.4 is 0 Å². The summed E-state index contributed by atoms with van der Waals surface area (Å²) in [6.45, 7) is 8.19. The molecule has 0 atom stereocenters. The number of aryl methyl sites for hydroxylation is 1. The topological polar surface area (TPSA) is 18.5 Å². The molecule has 1 saturated heterocycles. The third-order valence-corrected chi connectivity index (χ3v) is 3.88. The number of halogens is 1. The first-order valence-corrected chi connectivity index (χ1v) is 6.40. The molecule has 2 nitrogen and oxygen atoms in total. The van der Waals surface area contributed by atoms with Crippen LogP contribution >= 0.6 is 0 Å². The summed E-state index contributed by atoms with van der Waals surface area (Å²) in [6, 6.07) is 6.58. The molecule has 0 radical (unpaired) electrons. The van der Waals surface area contributed by atoms with E-state index in [1.54, 1.807) is 12.1 Å². The highest BCUT2D eigenvalue weighted by Gasteiger charge is 2.50. The largest absolute Gasteiger partial charge is 0.458 e. The second-order valence-electron chi connectivity index (χ2n) is 5.85. The first-order chi connectivity index (χ1) is 8.30. The molecule has 1 aromatic carbocycles. The molecule has 0 N–H and O–H groups in total. The smallest absolute Gasteiger partial charge is 0.403 e. The summed E-state index contributed by atoms with van der Waals surface area (Å²) < 4.78 is 24.6. The zero-order valence-corrected chi connectivity index (χ0v) is 11.5. The molecule has 0 spiro atoms. The molecule has 1 aliphatic heterocycles. The van der Waals surface area contributed by atoms with Crippen LogP contribution in [0.4, 0.5) is 4.39 Å². The quantitative estimate of drug-likeness (QED) is 0.765. The van der Waals surface area contributed by atoms with Crippen molar-refractivity contribution in [2.75, 3.05) is 0 Å². The molecule has 0 bridgehead atoms. The lowest BCUT2D eigenvalue weighted by atomic mass is 9.81. The third-order valence-electron chi connectivity index (χ3n) is 3.88. The van der Waals surface area contributed by atoms with E-state index in [-0.39, 0.29) is 24.1 Å². The van der Waals surface area contributed by atoms with E-state index in [4.69, 9.17) is 9.31 Å². The lowest BCUT2D eigenvalue weighted by Crippen LogP contribution is -2.41. The molecular weight excluding hydrogens is 230 g/mol. The summed E-state index contributed by atoms with van der Waals surface area (Å²) in [6.07, 6.45) is 1.62. The molecule has 98 valence electrons. The van der Waals surface area contributed by atoms with E-state index < -0.39 is 0 Å². The Hall–Kier alpha value is -0.865. The van der Waals surface area contributed by atoms with Gasteiger partial charge in [0, 0.05) is 0 Å². The molecule has 1 aromatic rings. The van der Waals surface area contributed by atoms with Crippen molar-refractivity contribution in [1.29, 1.82) is 0 Å². The van der Waals surface area contributed by atoms with Crippen molar-refractivity contribution >= 4 is 7.12 Å². The zero-order valence-electron chi connectivity index (χ0n) is 11.5. The first-order valence-electron chi connectivity index (χ1n) is 6.40. The van der Waals surface area contributed by atoms with Crippen molar-refractivity contribution in [3.63, 3.8) is 0 Å². The molecule has 0 aliphatic carbocycles. The van der Waals surface area contributed by atoms with Gasteiger partial charge in [-0.25, -0.2) is 4.39 Å². The Bertz CT molecular complexity index is 398. The van der Waals surface area contributed by atoms with Gasteiger partial charge in [-0.05, 0) is 58.1 Å². The van der Waals surface area contributed by atoms with E-state index in [9.17, 15) is 4.39 Å². The standard InChI is InChI=1S/C14H20BFO2/c1-13(2)14(3,4)18-15(17-13)10-9-11-5-7-12(16)8-6-11/h5-8H,9-10H2,1-4H3. The Morgan fingerprint density at radius 3 is 2.00 bits per heavy atom. The van der Waals surface area contributed by atoms with Crippen molar-refractivity contribution in [2.45, 2.75) is 51.6 Å². The lowest BCUT2D eigenvalue weighted by Gasteiger charge is -2.32. The SMILES string of the molecule is CC1(C)OB(CCc2ccc(F)cc2)OC1(C)C. The van der Waals surface area contributed by atoms with Gasteiger partial charge < -0.3 is 9.31 Å². The third kappa shape index (κ3) is 2.75. The molecule has 0 unspecified atom stereocenters. The van der Waals surface area contributed by atoms with Gasteiger partial charge in [0.05, 0.1) is 11.2 Å². The van der Waals surface area contributed by atoms with E-state index in [0.29, 0.717) is 0 Å². The van der Waals surface area contributed by atoms with Gasteiger partial charge in [-0.15, -0.1) is 0 Å². The van der Waals surface area contributed by atoms with Crippen molar-refractivity contribution < 1.29 is 13.7 Å². The van der Waals surface area contributed by atoms with Crippen molar-refractivity contribution in [3.05, 3.63) is 35.6 Å². The maximum Gasteiger partial charge on any atom is 0.458 e. The molecule has 18 heavy (non-hydrogen) atoms. The van der Waals surface area contributed by atoms with Crippen LogP contribution in [0.25, 0.3) is 0 Å². The van der Waals surface area contributed by atoms with Crippen LogP contribution in [0.15, 0.2) is 24.3 Å². The molecule has 2 rings (SSSR count). The Morgan fingerprint density at radius 2 is 1.50 bits per heavy atom. The average Bonchev–Trinajstić information content (AvgIpc) is 2.47. The van der Waals surface area contributed by atoms with Gasteiger partial charge in [0.1, 0.15) is 5.82 Å². The molecule has 1 fully saturated rings. The Kier molecular flexibility index (Phi) is 3.52. The lowest BCUT2D eigenvalue weighted by molar-refractivity contribution is 0.00578. The predicted molar refractivity (Wildman–Crippen MR) is 71.0 cm³/mol. The second-order valence-corrected chi connectivity index (χ2v) is 5.85. The number of rotatable bonds is 3. The normalized spacial score (nSPS) is 21.3. The summed E-state index contributed by atoms with van der Waals surface area (Å²) in [7, 11) is -0.181. The van der Waals surface area contributed by atoms with Gasteiger partial charge in [-0.3, -0.25) is 0 Å². The minimum absolute atomic E-state index is 0.181. The molecule has 1 heterocycles. The number of benzene rings is 1. The fourth-order valence-corrected chi connectivity index (χ4v) is 2.02. The van der Waals surface area contributed by atoms with E-state index >= 15 is 0 Å². The van der Waals surface area contributed by atoms with Crippen LogP contribution in [0, 0.1) is 5.82 Å². The molecule has 0 amide bonds. The molecule has 0 aromatic heterocycles. The fraction of sp³-hybridized carbons (Fsp3) is 0.571. The van der Waals surface area contributed by atoms with Gasteiger partial charge in [-0.1, -0.05) is 12.1 Å². The van der Waals surface area contributed by atoms with Crippen molar-refractivity contribution in [1.82, 2.24) is 0 Å². The Morgan fingerprint density at radius 1 is 1.00 bits per heavy atom. The minimum atomic E-state index is -0.277. The monoisotopic (exact) mass is 250 g/mol. The van der Waals surface area contributed by atoms with E-state index in [1.807, 2.05) is 27.7 Å². The summed E-state index contributed by atoms with van der Waals surface area (Å²) in [5.74, 6) is -0.200. The summed E-state index contributed by atoms with van der Waals surface area (Å²) in [5, 5.41) is 0. The van der Waals surface area contributed by atoms with Gasteiger partial charge >= 0.3 is 7.12 Å². The Labute approximate surface area is 109 Å². The van der Waals surface area contributed by atoms with Gasteiger partial charge in [0.25, 0.3) is 0 Å². The highest BCUT2D eigenvalue weighted by molar-refractivity contribution is 6.45. The van der Waals surface area contributed by atoms with Crippen molar-refractivity contribution in [3.8, 4) is 0 Å². The van der Waals surface area contributed by atoms with E-state index in [2.05, 4.69) is 0 Å². The van der Waals surface area contributed by atoms with Gasteiger partial charge in [0.2, 0.25) is 0 Å². The minimum Gasteiger partial charge on any atom is -0.403 e. The zero-order chi connectivity index (χ0) is 13.4. The van der Waals surface area contributed by atoms with Crippen LogP contribution in [0.3, 0.4) is 0 Å². The van der Waals surface area contributed by atoms with Crippen LogP contribution in [0.1, 0.15) is 33.3 Å². The van der Waals surface area contributed by atoms with Crippen LogP contribution in [0.2, 0.25) is 6.32 Å². The predicted octanol–water partition coefficient (Wildman–Crippen LogP) is 3.46. The number of hydrogen-bond acceptors (Lipinski definition) is 2. The molecular formula is C14H20BFO2. The maximum absolute atomic E-state index is 12.8. The molecule has 0 saturated carbocycles. The summed E-state index contributed by atoms with van der Waals surface area (Å²) in [5.41, 5.74) is 0.548. The summed E-state index contributed by atoms with van der Waals surface area (Å²) >= 11 is 0. The van der Waals surface area contributed by atoms with Crippen molar-refractivity contribution in [2.24, 2.45) is 0 Å². The molecule has 1 aliphatic rings. The van der Waals surface area contributed by atoms with E-state index in [0.717, 1.165) is 18.3 Å². The number of hydrogen-bond donors (Lipinski definition) is 0. The summed E-state index contributed by atoms with van der Waals surface area (Å²) in [4.78, 5) is 0. The highest BCUT2D eigenvalue weighted by atomic mass is 19.1. The highest BCUT2D eigenvalue weighted by Crippen LogP contribution is 2.37. The molecule has 4 heteroatoms.